The lowest BCUT2D eigenvalue weighted by Crippen LogP contribution is -2.11. The number of hydrogen-bond acceptors (Lipinski definition) is 3. The molecule has 0 saturated heterocycles. The van der Waals surface area contributed by atoms with Gasteiger partial charge in [-0.25, -0.2) is 9.37 Å². The van der Waals surface area contributed by atoms with Crippen LogP contribution in [0.5, 0.6) is 0 Å². The molecule has 7 heteroatoms. The van der Waals surface area contributed by atoms with E-state index >= 15 is 0 Å². The van der Waals surface area contributed by atoms with E-state index in [1.807, 2.05) is 0 Å². The van der Waals surface area contributed by atoms with Crippen LogP contribution in [0.15, 0.2) is 28.4 Å². The molecule has 0 amide bonds. The molecule has 0 aliphatic heterocycles. The first-order valence-electron chi connectivity index (χ1n) is 6.08. The molecule has 0 radical (unpaired) electrons. The fourth-order valence-electron chi connectivity index (χ4n) is 2.06. The van der Waals surface area contributed by atoms with Gasteiger partial charge >= 0.3 is 0 Å². The normalized spacial score (nSPS) is 12.8. The van der Waals surface area contributed by atoms with Gasteiger partial charge in [-0.3, -0.25) is 4.79 Å². The van der Waals surface area contributed by atoms with Gasteiger partial charge in [-0.05, 0) is 25.1 Å². The van der Waals surface area contributed by atoms with Crippen LogP contribution in [0.4, 0.5) is 4.39 Å². The van der Waals surface area contributed by atoms with E-state index in [1.165, 1.54) is 23.5 Å². The van der Waals surface area contributed by atoms with Gasteiger partial charge in [-0.15, -0.1) is 22.9 Å². The minimum absolute atomic E-state index is 0.254. The van der Waals surface area contributed by atoms with Gasteiger partial charge < -0.3 is 4.98 Å². The zero-order valence-corrected chi connectivity index (χ0v) is 13.1. The number of benzene rings is 1. The van der Waals surface area contributed by atoms with E-state index < -0.39 is 5.82 Å². The summed E-state index contributed by atoms with van der Waals surface area (Å²) in [6.45, 7) is 1.73. The first kappa shape index (κ1) is 14.5. The highest BCUT2D eigenvalue weighted by molar-refractivity contribution is 7.17. The molecule has 1 atom stereocenters. The summed E-state index contributed by atoms with van der Waals surface area (Å²) in [5, 5.41) is 2.09. The highest BCUT2D eigenvalue weighted by Crippen LogP contribution is 2.35. The first-order chi connectivity index (χ1) is 9.97. The third kappa shape index (κ3) is 2.57. The van der Waals surface area contributed by atoms with E-state index in [-0.39, 0.29) is 16.0 Å². The Bertz CT molecular complexity index is 888. The smallest absolute Gasteiger partial charge is 0.260 e. The molecule has 2 aromatic heterocycles. The maximum absolute atomic E-state index is 13.1. The van der Waals surface area contributed by atoms with Crippen molar-refractivity contribution in [3.8, 4) is 11.1 Å². The molecule has 0 fully saturated rings. The van der Waals surface area contributed by atoms with Crippen molar-refractivity contribution in [2.24, 2.45) is 0 Å². The first-order valence-corrected chi connectivity index (χ1v) is 7.77. The molecule has 3 rings (SSSR count). The second-order valence-corrected chi connectivity index (χ2v) is 6.44. The maximum Gasteiger partial charge on any atom is 0.260 e. The Morgan fingerprint density at radius 2 is 2.14 bits per heavy atom. The molecule has 0 bridgehead atoms. The van der Waals surface area contributed by atoms with Crippen molar-refractivity contribution < 1.29 is 4.39 Å². The highest BCUT2D eigenvalue weighted by Gasteiger charge is 2.16. The fraction of sp³-hybridized carbons (Fsp3) is 0.143. The molecule has 21 heavy (non-hydrogen) atoms. The predicted molar refractivity (Wildman–Crippen MR) is 84.9 cm³/mol. The number of nitrogens with one attached hydrogen (secondary N) is 1. The van der Waals surface area contributed by atoms with E-state index in [1.54, 1.807) is 18.4 Å². The molecular weight excluding hydrogens is 334 g/mol. The lowest BCUT2D eigenvalue weighted by molar-refractivity contribution is 0.628. The number of rotatable bonds is 2. The second-order valence-electron chi connectivity index (χ2n) is 4.52. The van der Waals surface area contributed by atoms with Crippen molar-refractivity contribution in [1.29, 1.82) is 0 Å². The summed E-state index contributed by atoms with van der Waals surface area (Å²) in [6, 6.07) is 4.08. The van der Waals surface area contributed by atoms with Crippen LogP contribution >= 0.6 is 34.5 Å². The van der Waals surface area contributed by atoms with Crippen molar-refractivity contribution in [1.82, 2.24) is 9.97 Å². The molecule has 1 N–H and O–H groups in total. The molecular formula is C14H9Cl2FN2OS. The zero-order chi connectivity index (χ0) is 15.1. The zero-order valence-electron chi connectivity index (χ0n) is 10.8. The Balaban J connectivity index is 2.28. The number of fused-ring (bicyclic) bond motifs is 1. The number of hydrogen-bond donors (Lipinski definition) is 1. The molecule has 1 unspecified atom stereocenters. The number of aromatic amines is 1. The van der Waals surface area contributed by atoms with E-state index in [0.29, 0.717) is 27.2 Å². The highest BCUT2D eigenvalue weighted by atomic mass is 35.5. The summed E-state index contributed by atoms with van der Waals surface area (Å²) in [7, 11) is 0. The molecule has 108 valence electrons. The van der Waals surface area contributed by atoms with Crippen LogP contribution in [-0.4, -0.2) is 9.97 Å². The van der Waals surface area contributed by atoms with Crippen molar-refractivity contribution in [3.05, 3.63) is 50.6 Å². The van der Waals surface area contributed by atoms with Gasteiger partial charge in [0.1, 0.15) is 16.5 Å². The van der Waals surface area contributed by atoms with Crippen LogP contribution < -0.4 is 5.56 Å². The van der Waals surface area contributed by atoms with Crippen LogP contribution in [0.25, 0.3) is 21.3 Å². The average molecular weight is 343 g/mol. The number of alkyl halides is 1. The van der Waals surface area contributed by atoms with Crippen LogP contribution in [0.2, 0.25) is 5.02 Å². The molecule has 2 heterocycles. The Kier molecular flexibility index (Phi) is 3.73. The summed E-state index contributed by atoms with van der Waals surface area (Å²) in [4.78, 5) is 19.9. The number of H-pyrrole nitrogens is 1. The van der Waals surface area contributed by atoms with Crippen LogP contribution in [0.3, 0.4) is 0 Å². The van der Waals surface area contributed by atoms with Crippen molar-refractivity contribution in [3.63, 3.8) is 0 Å². The van der Waals surface area contributed by atoms with Gasteiger partial charge in [0, 0.05) is 16.5 Å². The van der Waals surface area contributed by atoms with E-state index in [2.05, 4.69) is 9.97 Å². The molecule has 0 aliphatic rings. The number of halogens is 3. The molecule has 0 aliphatic carbocycles. The third-order valence-electron chi connectivity index (χ3n) is 3.06. The monoisotopic (exact) mass is 342 g/mol. The van der Waals surface area contributed by atoms with Gasteiger partial charge in [-0.1, -0.05) is 11.6 Å². The molecule has 3 aromatic rings. The van der Waals surface area contributed by atoms with E-state index in [9.17, 15) is 9.18 Å². The summed E-state index contributed by atoms with van der Waals surface area (Å²) < 4.78 is 13.1. The molecule has 0 saturated carbocycles. The standard InChI is InChI=1S/C14H9Cl2FN2OS/c1-6(15)12-18-13(20)11-9(5-21-14(11)19-12)8-3-2-7(17)4-10(8)16/h2-6H,1H3,(H,18,19,20). The number of nitrogens with zero attached hydrogens (tertiary/aromatic N) is 1. The molecule has 1 aromatic carbocycles. The molecule has 3 nitrogen and oxygen atoms in total. The minimum atomic E-state index is -0.423. The maximum atomic E-state index is 13.1. The number of thiophene rings is 1. The largest absolute Gasteiger partial charge is 0.309 e. The topological polar surface area (TPSA) is 45.8 Å². The van der Waals surface area contributed by atoms with Crippen LogP contribution in [0.1, 0.15) is 18.1 Å². The van der Waals surface area contributed by atoms with Crippen LogP contribution in [0, 0.1) is 5.82 Å². The Hall–Kier alpha value is -1.43. The van der Waals surface area contributed by atoms with E-state index in [4.69, 9.17) is 23.2 Å². The summed E-state index contributed by atoms with van der Waals surface area (Å²) in [5.74, 6) is 0.00124. The average Bonchev–Trinajstić information content (AvgIpc) is 2.83. The molecule has 0 spiro atoms. The third-order valence-corrected chi connectivity index (χ3v) is 4.45. The SMILES string of the molecule is CC(Cl)c1nc2scc(-c3ccc(F)cc3Cl)c2c(=O)[nH]1. The lowest BCUT2D eigenvalue weighted by Gasteiger charge is -2.04. The second kappa shape index (κ2) is 5.40. The van der Waals surface area contributed by atoms with Crippen molar-refractivity contribution in [2.75, 3.05) is 0 Å². The Morgan fingerprint density at radius 1 is 1.38 bits per heavy atom. The van der Waals surface area contributed by atoms with Crippen molar-refractivity contribution in [2.45, 2.75) is 12.3 Å². The minimum Gasteiger partial charge on any atom is -0.309 e. The Labute approximate surface area is 133 Å². The fourth-order valence-corrected chi connectivity index (χ4v) is 3.38. The summed E-state index contributed by atoms with van der Waals surface area (Å²) in [5.41, 5.74) is 0.963. The van der Waals surface area contributed by atoms with Gasteiger partial charge in [0.25, 0.3) is 5.56 Å². The van der Waals surface area contributed by atoms with Crippen LogP contribution in [-0.2, 0) is 0 Å². The van der Waals surface area contributed by atoms with Crippen molar-refractivity contribution >= 4 is 44.8 Å². The summed E-state index contributed by atoms with van der Waals surface area (Å²) in [6.07, 6.45) is 0. The summed E-state index contributed by atoms with van der Waals surface area (Å²) >= 11 is 13.3. The quantitative estimate of drug-likeness (QED) is 0.683. The predicted octanol–water partition coefficient (Wildman–Crippen LogP) is 4.74. The van der Waals surface area contributed by atoms with Gasteiger partial charge in [0.15, 0.2) is 0 Å². The Morgan fingerprint density at radius 3 is 2.81 bits per heavy atom. The van der Waals surface area contributed by atoms with Gasteiger partial charge in [0.05, 0.1) is 15.8 Å². The number of aromatic nitrogens is 2. The van der Waals surface area contributed by atoms with E-state index in [0.717, 1.165) is 0 Å². The lowest BCUT2D eigenvalue weighted by atomic mass is 10.1. The van der Waals surface area contributed by atoms with Gasteiger partial charge in [-0.2, -0.15) is 0 Å². The van der Waals surface area contributed by atoms with Gasteiger partial charge in [0.2, 0.25) is 0 Å².